The summed E-state index contributed by atoms with van der Waals surface area (Å²) in [6, 6.07) is 49.6. The Kier molecular flexibility index (Phi) is 13.0. The van der Waals surface area contributed by atoms with Gasteiger partial charge in [-0.25, -0.2) is 6.08 Å². The largest absolute Gasteiger partial charge is 0.179 e. The number of rotatable bonds is 3. The van der Waals surface area contributed by atoms with E-state index in [0.29, 0.717) is 5.92 Å². The van der Waals surface area contributed by atoms with E-state index in [1.165, 1.54) is 72.0 Å². The van der Waals surface area contributed by atoms with Gasteiger partial charge in [0.15, 0.2) is 0 Å². The first-order chi connectivity index (χ1) is 19.2. The molecule has 0 N–H and O–H groups in total. The molecule has 0 saturated carbocycles. The minimum atomic E-state index is 0. The first-order valence-corrected chi connectivity index (χ1v) is 14.6. The summed E-state index contributed by atoms with van der Waals surface area (Å²) in [6.45, 7) is 2.15. The zero-order valence-electron chi connectivity index (χ0n) is 22.9. The summed E-state index contributed by atoms with van der Waals surface area (Å²) < 4.78 is 1.42. The Bertz CT molecular complexity index is 1500. The van der Waals surface area contributed by atoms with Gasteiger partial charge >= 0.3 is 99.2 Å². The van der Waals surface area contributed by atoms with Crippen LogP contribution >= 0.6 is 0 Å². The van der Waals surface area contributed by atoms with Crippen molar-refractivity contribution in [3.05, 3.63) is 186 Å². The summed E-state index contributed by atoms with van der Waals surface area (Å²) in [5, 5.41) is 0. The molecule has 1 atom stereocenters. The Balaban J connectivity index is 0.000000166. The van der Waals surface area contributed by atoms with E-state index in [1.54, 1.807) is 0 Å². The fourth-order valence-corrected chi connectivity index (χ4v) is 5.59. The summed E-state index contributed by atoms with van der Waals surface area (Å²) in [4.78, 5) is 0. The average Bonchev–Trinajstić information content (AvgIpc) is 3.62. The van der Waals surface area contributed by atoms with Gasteiger partial charge in [-0.05, 0) is 6.42 Å². The van der Waals surface area contributed by atoms with Crippen LogP contribution in [0.15, 0.2) is 146 Å². The van der Waals surface area contributed by atoms with Crippen molar-refractivity contribution in [2.24, 2.45) is 5.92 Å². The molecule has 1 unspecified atom stereocenters. The predicted octanol–water partition coefficient (Wildman–Crippen LogP) is 2.95. The first kappa shape index (κ1) is 32.4. The Labute approximate surface area is 272 Å². The minimum Gasteiger partial charge on any atom is -0.179 e. The smallest absolute Gasteiger partial charge is 0.0253 e. The maximum Gasteiger partial charge on any atom is -0.0253 e. The van der Waals surface area contributed by atoms with Gasteiger partial charge in [0.1, 0.15) is 0 Å². The van der Waals surface area contributed by atoms with Gasteiger partial charge in [0.05, 0.1) is 0 Å². The van der Waals surface area contributed by atoms with Crippen molar-refractivity contribution < 1.29 is 49.0 Å². The molecule has 0 heterocycles. The molecule has 0 fully saturated rings. The van der Waals surface area contributed by atoms with Crippen molar-refractivity contribution in [1.82, 2.24) is 0 Å². The quantitative estimate of drug-likeness (QED) is 0.259. The summed E-state index contributed by atoms with van der Waals surface area (Å²) in [7, 11) is 0. The molecule has 0 amide bonds. The molecule has 41 heavy (non-hydrogen) atoms. The average molecular weight is 649 g/mol. The number of hydrogen-bond donors (Lipinski definition) is 0. The Hall–Kier alpha value is -3.09. The van der Waals surface area contributed by atoms with E-state index in [-0.39, 0.29) is 24.8 Å². The van der Waals surface area contributed by atoms with E-state index in [1.807, 2.05) is 12.1 Å². The van der Waals surface area contributed by atoms with Gasteiger partial charge in [0.25, 0.3) is 0 Å². The topological polar surface area (TPSA) is 0 Å². The summed E-state index contributed by atoms with van der Waals surface area (Å²) >= 11 is 1.46. The second-order valence-electron chi connectivity index (χ2n) is 9.59. The molecule has 2 aliphatic carbocycles. The zero-order valence-corrected chi connectivity index (χ0v) is 26.9. The molecule has 5 aromatic carbocycles. The van der Waals surface area contributed by atoms with Crippen molar-refractivity contribution in [2.75, 3.05) is 0 Å². The monoisotopic (exact) mass is 646 g/mol. The van der Waals surface area contributed by atoms with Crippen LogP contribution in [0.1, 0.15) is 34.7 Å². The van der Waals surface area contributed by atoms with Crippen LogP contribution in [0.3, 0.4) is 0 Å². The third-order valence-electron chi connectivity index (χ3n) is 6.78. The number of hydrogen-bond acceptors (Lipinski definition) is 0. The molecule has 0 saturated heterocycles. The van der Waals surface area contributed by atoms with Crippen molar-refractivity contribution in [2.45, 2.75) is 13.3 Å². The summed E-state index contributed by atoms with van der Waals surface area (Å²) in [5.41, 5.74) is 10.8. The molecule has 0 aliphatic heterocycles. The SMILES string of the molecule is CC1[C-]=CC(c2ccccc2)=C1.[Cl-].[Cl-].[Zr+2]=[C](c1ccccc1)c1ccccc1.[c-]1cccc2c1Cc1ccccc1-2. The standard InChI is InChI=1S/C13H9.C13H10.C12H11.2ClH.Zr/c1-3-7-12-10(5-1)9-11-6-2-4-8-13(11)12;1-3-7-12(8-4-1)11-13-9-5-2-6-10-13;1-10-7-8-12(9-10)11-5-3-2-4-6-11;;;/h1-5,7-8H,9H2;1-10H;2-6,8-10H,1H3;2*1H;/q-1;;-1;;;+2/p-2. The first-order valence-electron chi connectivity index (χ1n) is 13.3. The second kappa shape index (κ2) is 16.4. The minimum absolute atomic E-state index is 0. The third-order valence-corrected chi connectivity index (χ3v) is 8.20. The Morgan fingerprint density at radius 2 is 1.20 bits per heavy atom. The van der Waals surface area contributed by atoms with E-state index < -0.39 is 0 Å². The zero-order chi connectivity index (χ0) is 26.9. The van der Waals surface area contributed by atoms with Crippen LogP contribution in [0.4, 0.5) is 0 Å². The molecule has 0 radical (unpaired) electrons. The molecule has 0 nitrogen and oxygen atoms in total. The van der Waals surface area contributed by atoms with Gasteiger partial charge in [0, 0.05) is 0 Å². The van der Waals surface area contributed by atoms with E-state index >= 15 is 0 Å². The van der Waals surface area contributed by atoms with E-state index in [4.69, 9.17) is 0 Å². The Morgan fingerprint density at radius 1 is 0.659 bits per heavy atom. The van der Waals surface area contributed by atoms with Gasteiger partial charge in [-0.2, -0.15) is 41.5 Å². The normalized spacial score (nSPS) is 13.4. The fraction of sp³-hybridized carbons (Fsp3) is 0.0789. The van der Waals surface area contributed by atoms with E-state index in [0.717, 1.165) is 6.42 Å². The second-order valence-corrected chi connectivity index (χ2v) is 10.8. The van der Waals surface area contributed by atoms with Crippen LogP contribution in [0.5, 0.6) is 0 Å². The molecule has 0 spiro atoms. The van der Waals surface area contributed by atoms with Crippen molar-refractivity contribution in [3.8, 4) is 11.1 Å². The van der Waals surface area contributed by atoms with Crippen LogP contribution in [-0.2, 0) is 30.7 Å². The molecule has 202 valence electrons. The van der Waals surface area contributed by atoms with Crippen molar-refractivity contribution in [1.29, 1.82) is 0 Å². The van der Waals surface area contributed by atoms with Gasteiger partial charge < -0.3 is 24.8 Å². The fourth-order valence-electron chi connectivity index (χ4n) is 4.77. The van der Waals surface area contributed by atoms with Crippen LogP contribution in [-0.4, -0.2) is 3.21 Å². The van der Waals surface area contributed by atoms with Gasteiger partial charge in [-0.15, -0.1) is 11.1 Å². The molecule has 7 rings (SSSR count). The number of halogens is 2. The molecule has 3 heteroatoms. The molecule has 2 aliphatic rings. The van der Waals surface area contributed by atoms with E-state index in [9.17, 15) is 0 Å². The van der Waals surface area contributed by atoms with Crippen molar-refractivity contribution in [3.63, 3.8) is 0 Å². The summed E-state index contributed by atoms with van der Waals surface area (Å²) in [5.74, 6) is 0.472. The number of fused-ring (bicyclic) bond motifs is 3. The maximum atomic E-state index is 3.30. The molecular formula is C38H30Cl2Zr-2. The van der Waals surface area contributed by atoms with Gasteiger partial charge in [-0.1, -0.05) is 78.6 Å². The van der Waals surface area contributed by atoms with Gasteiger partial charge in [0.2, 0.25) is 0 Å². The van der Waals surface area contributed by atoms with Crippen molar-refractivity contribution >= 4 is 8.78 Å². The maximum absolute atomic E-state index is 3.30. The Morgan fingerprint density at radius 3 is 1.78 bits per heavy atom. The molecule has 5 aromatic rings. The van der Waals surface area contributed by atoms with Crippen LogP contribution in [0.2, 0.25) is 0 Å². The third kappa shape index (κ3) is 8.70. The molecule has 0 aromatic heterocycles. The molecular weight excluding hydrogens is 619 g/mol. The van der Waals surface area contributed by atoms with Crippen LogP contribution in [0, 0.1) is 18.1 Å². The van der Waals surface area contributed by atoms with Crippen LogP contribution < -0.4 is 24.8 Å². The van der Waals surface area contributed by atoms with Gasteiger partial charge in [-0.3, -0.25) is 6.08 Å². The number of allylic oxidation sites excluding steroid dienone is 4. The van der Waals surface area contributed by atoms with Crippen LogP contribution in [0.25, 0.3) is 16.7 Å². The number of benzene rings is 5. The van der Waals surface area contributed by atoms with E-state index in [2.05, 4.69) is 153 Å². The molecule has 0 bridgehead atoms. The predicted molar refractivity (Wildman–Crippen MR) is 161 cm³/mol. The summed E-state index contributed by atoms with van der Waals surface area (Å²) in [6.07, 6.45) is 8.60.